The van der Waals surface area contributed by atoms with Crippen LogP contribution in [0.2, 0.25) is 0 Å². The topological polar surface area (TPSA) is 64.3 Å². The second kappa shape index (κ2) is 5.82. The monoisotopic (exact) mass is 349 g/mol. The predicted octanol–water partition coefficient (Wildman–Crippen LogP) is 3.54. The minimum atomic E-state index is -3.76. The SMILES string of the molecule is Cc1ccc(S(=O)(=O)c2c(-c3ccccc3)nc3ncccn23)cc1. The van der Waals surface area contributed by atoms with Crippen molar-refractivity contribution in [1.82, 2.24) is 14.4 Å². The number of hydrogen-bond acceptors (Lipinski definition) is 4. The highest BCUT2D eigenvalue weighted by atomic mass is 32.2. The Morgan fingerprint density at radius 2 is 1.64 bits per heavy atom. The minimum absolute atomic E-state index is 0.130. The van der Waals surface area contributed by atoms with Gasteiger partial charge in [0.2, 0.25) is 15.6 Å². The van der Waals surface area contributed by atoms with Crippen molar-refractivity contribution in [3.05, 3.63) is 78.6 Å². The summed E-state index contributed by atoms with van der Waals surface area (Å²) in [5.74, 6) is 0.354. The van der Waals surface area contributed by atoms with E-state index in [4.69, 9.17) is 0 Å². The Balaban J connectivity index is 2.05. The molecule has 2 aromatic heterocycles. The fourth-order valence-electron chi connectivity index (χ4n) is 2.74. The van der Waals surface area contributed by atoms with Crippen LogP contribution in [0.3, 0.4) is 0 Å². The summed E-state index contributed by atoms with van der Waals surface area (Å²) in [4.78, 5) is 8.90. The molecule has 0 aliphatic carbocycles. The maximum absolute atomic E-state index is 13.3. The van der Waals surface area contributed by atoms with Crippen LogP contribution in [0.15, 0.2) is 83.0 Å². The molecule has 0 unspecified atom stereocenters. The molecule has 0 saturated heterocycles. The third kappa shape index (κ3) is 2.60. The molecular weight excluding hydrogens is 334 g/mol. The third-order valence-electron chi connectivity index (χ3n) is 3.99. The van der Waals surface area contributed by atoms with E-state index in [-0.39, 0.29) is 9.92 Å². The van der Waals surface area contributed by atoms with Gasteiger partial charge in [-0.1, -0.05) is 48.0 Å². The van der Waals surface area contributed by atoms with Gasteiger partial charge in [-0.25, -0.2) is 18.4 Å². The van der Waals surface area contributed by atoms with E-state index in [2.05, 4.69) is 9.97 Å². The summed E-state index contributed by atoms with van der Waals surface area (Å²) in [7, 11) is -3.76. The Bertz CT molecular complexity index is 1150. The molecule has 0 radical (unpaired) electrons. The molecule has 0 atom stereocenters. The molecule has 0 bridgehead atoms. The molecule has 0 aliphatic rings. The van der Waals surface area contributed by atoms with Crippen molar-refractivity contribution in [2.75, 3.05) is 0 Å². The number of imidazole rings is 1. The van der Waals surface area contributed by atoms with Crippen molar-refractivity contribution in [2.45, 2.75) is 16.8 Å². The van der Waals surface area contributed by atoms with Gasteiger partial charge in [-0.15, -0.1) is 0 Å². The lowest BCUT2D eigenvalue weighted by molar-refractivity contribution is 0.591. The fraction of sp³-hybridized carbons (Fsp3) is 0.0526. The van der Waals surface area contributed by atoms with Gasteiger partial charge in [0.05, 0.1) is 4.90 Å². The summed E-state index contributed by atoms with van der Waals surface area (Å²) in [5.41, 5.74) is 2.14. The molecule has 4 aromatic rings. The molecule has 2 aromatic carbocycles. The highest BCUT2D eigenvalue weighted by molar-refractivity contribution is 7.91. The molecule has 25 heavy (non-hydrogen) atoms. The van der Waals surface area contributed by atoms with Gasteiger partial charge in [-0.05, 0) is 25.1 Å². The van der Waals surface area contributed by atoms with Crippen LogP contribution >= 0.6 is 0 Å². The molecule has 0 fully saturated rings. The van der Waals surface area contributed by atoms with Crippen LogP contribution in [0.25, 0.3) is 17.0 Å². The average molecular weight is 349 g/mol. The van der Waals surface area contributed by atoms with Crippen molar-refractivity contribution >= 4 is 15.6 Å². The van der Waals surface area contributed by atoms with Crippen LogP contribution in [0.4, 0.5) is 0 Å². The van der Waals surface area contributed by atoms with E-state index in [0.717, 1.165) is 11.1 Å². The van der Waals surface area contributed by atoms with E-state index in [0.29, 0.717) is 11.5 Å². The van der Waals surface area contributed by atoms with Crippen molar-refractivity contribution in [3.8, 4) is 11.3 Å². The Morgan fingerprint density at radius 3 is 2.36 bits per heavy atom. The normalized spacial score (nSPS) is 11.7. The first kappa shape index (κ1) is 15.5. The van der Waals surface area contributed by atoms with Crippen LogP contribution in [-0.2, 0) is 9.84 Å². The molecular formula is C19H15N3O2S. The molecule has 0 saturated carbocycles. The van der Waals surface area contributed by atoms with E-state index in [1.54, 1.807) is 42.7 Å². The maximum atomic E-state index is 13.3. The number of aryl methyl sites for hydroxylation is 1. The van der Waals surface area contributed by atoms with Crippen LogP contribution < -0.4 is 0 Å². The van der Waals surface area contributed by atoms with E-state index >= 15 is 0 Å². The number of rotatable bonds is 3. The summed E-state index contributed by atoms with van der Waals surface area (Å²) in [6.07, 6.45) is 3.27. The lowest BCUT2D eigenvalue weighted by Crippen LogP contribution is -2.07. The van der Waals surface area contributed by atoms with E-state index in [1.807, 2.05) is 37.3 Å². The van der Waals surface area contributed by atoms with Gasteiger partial charge in [0.15, 0.2) is 5.03 Å². The minimum Gasteiger partial charge on any atom is -0.273 e. The van der Waals surface area contributed by atoms with Crippen molar-refractivity contribution in [1.29, 1.82) is 0 Å². The molecule has 0 N–H and O–H groups in total. The van der Waals surface area contributed by atoms with Crippen LogP contribution in [-0.4, -0.2) is 22.8 Å². The van der Waals surface area contributed by atoms with Gasteiger partial charge in [0.1, 0.15) is 5.69 Å². The van der Waals surface area contributed by atoms with Gasteiger partial charge in [-0.2, -0.15) is 0 Å². The molecule has 0 aliphatic heterocycles. The first-order valence-electron chi connectivity index (χ1n) is 7.77. The Morgan fingerprint density at radius 1 is 0.920 bits per heavy atom. The van der Waals surface area contributed by atoms with E-state index < -0.39 is 9.84 Å². The summed E-state index contributed by atoms with van der Waals surface area (Å²) in [5, 5.41) is 0.130. The highest BCUT2D eigenvalue weighted by Gasteiger charge is 2.28. The molecule has 2 heterocycles. The smallest absolute Gasteiger partial charge is 0.235 e. The zero-order chi connectivity index (χ0) is 17.4. The highest BCUT2D eigenvalue weighted by Crippen LogP contribution is 2.31. The number of benzene rings is 2. The van der Waals surface area contributed by atoms with Crippen molar-refractivity contribution in [2.24, 2.45) is 0 Å². The first-order valence-corrected chi connectivity index (χ1v) is 9.26. The van der Waals surface area contributed by atoms with Gasteiger partial charge in [0.25, 0.3) is 0 Å². The van der Waals surface area contributed by atoms with Gasteiger partial charge >= 0.3 is 0 Å². The molecule has 5 nitrogen and oxygen atoms in total. The lowest BCUT2D eigenvalue weighted by Gasteiger charge is -2.07. The fourth-order valence-corrected chi connectivity index (χ4v) is 4.27. The number of hydrogen-bond donors (Lipinski definition) is 0. The van der Waals surface area contributed by atoms with Gasteiger partial charge < -0.3 is 0 Å². The van der Waals surface area contributed by atoms with Crippen LogP contribution in [0.1, 0.15) is 5.56 Å². The van der Waals surface area contributed by atoms with Crippen molar-refractivity contribution < 1.29 is 8.42 Å². The van der Waals surface area contributed by atoms with Crippen LogP contribution in [0.5, 0.6) is 0 Å². The maximum Gasteiger partial charge on any atom is 0.235 e. The number of fused-ring (bicyclic) bond motifs is 1. The molecule has 0 spiro atoms. The molecule has 0 amide bonds. The van der Waals surface area contributed by atoms with Crippen molar-refractivity contribution in [3.63, 3.8) is 0 Å². The Labute approximate surface area is 145 Å². The van der Waals surface area contributed by atoms with E-state index in [9.17, 15) is 8.42 Å². The van der Waals surface area contributed by atoms with Gasteiger partial charge in [-0.3, -0.25) is 4.40 Å². The number of aromatic nitrogens is 3. The number of nitrogens with zero attached hydrogens (tertiary/aromatic N) is 3. The Kier molecular flexibility index (Phi) is 3.62. The first-order chi connectivity index (χ1) is 12.1. The summed E-state index contributed by atoms with van der Waals surface area (Å²) >= 11 is 0. The molecule has 4 rings (SSSR count). The third-order valence-corrected chi connectivity index (χ3v) is 5.78. The summed E-state index contributed by atoms with van der Waals surface area (Å²) in [6.45, 7) is 1.92. The number of sulfone groups is 1. The molecule has 124 valence electrons. The Hall–Kier alpha value is -2.99. The zero-order valence-corrected chi connectivity index (χ0v) is 14.3. The summed E-state index contributed by atoms with van der Waals surface area (Å²) < 4.78 is 28.2. The molecule has 6 heteroatoms. The second-order valence-corrected chi connectivity index (χ2v) is 7.60. The van der Waals surface area contributed by atoms with Gasteiger partial charge in [0, 0.05) is 18.0 Å². The zero-order valence-electron chi connectivity index (χ0n) is 13.5. The second-order valence-electron chi connectivity index (χ2n) is 5.74. The average Bonchev–Trinajstić information content (AvgIpc) is 3.03. The largest absolute Gasteiger partial charge is 0.273 e. The van der Waals surface area contributed by atoms with E-state index in [1.165, 1.54) is 4.40 Å². The quantitative estimate of drug-likeness (QED) is 0.567. The predicted molar refractivity (Wildman–Crippen MR) is 95.1 cm³/mol. The lowest BCUT2D eigenvalue weighted by atomic mass is 10.2. The van der Waals surface area contributed by atoms with Crippen LogP contribution in [0, 0.1) is 6.92 Å². The standard InChI is InChI=1S/C19H15N3O2S/c1-14-8-10-16(11-9-14)25(23,24)18-17(15-6-3-2-4-7-15)21-19-20-12-5-13-22(18)19/h2-13H,1H3. The summed E-state index contributed by atoms with van der Waals surface area (Å²) in [6, 6.07) is 17.8.